The Morgan fingerprint density at radius 1 is 1.45 bits per heavy atom. The Hall–Kier alpha value is -0.400. The molecule has 0 aliphatic carbocycles. The monoisotopic (exact) mass is 463 g/mol. The fourth-order valence-corrected chi connectivity index (χ4v) is 3.64. The molecule has 20 heavy (non-hydrogen) atoms. The minimum absolute atomic E-state index is 0.0550. The molecule has 1 aromatic carbocycles. The van der Waals surface area contributed by atoms with E-state index in [2.05, 4.69) is 56.9 Å². The van der Waals surface area contributed by atoms with Crippen LogP contribution in [0.15, 0.2) is 40.2 Å². The number of hydrogen-bond donors (Lipinski definition) is 0. The van der Waals surface area contributed by atoms with Gasteiger partial charge in [-0.3, -0.25) is 4.79 Å². The number of carbonyl (C=O) groups is 1. The van der Waals surface area contributed by atoms with Crippen LogP contribution in [0.25, 0.3) is 0 Å². The number of benzene rings is 1. The number of amides is 1. The lowest BCUT2D eigenvalue weighted by Gasteiger charge is -2.25. The second-order valence-electron chi connectivity index (χ2n) is 4.67. The van der Waals surface area contributed by atoms with E-state index >= 15 is 0 Å². The normalized spacial score (nSPS) is 12.2. The summed E-state index contributed by atoms with van der Waals surface area (Å²) in [5, 5.41) is 2.07. The van der Waals surface area contributed by atoms with Gasteiger partial charge in [0.2, 0.25) is 0 Å². The zero-order valence-corrected chi connectivity index (χ0v) is 15.8. The fraction of sp³-hybridized carbons (Fsp3) is 0.267. The first-order valence-electron chi connectivity index (χ1n) is 6.23. The minimum Gasteiger partial charge on any atom is -0.339 e. The smallest absolute Gasteiger partial charge is 0.255 e. The number of carbonyl (C=O) groups excluding carboxylic acids is 1. The molecular weight excluding hydrogens is 449 g/mol. The molecular formula is C15H15BrINOS. The summed E-state index contributed by atoms with van der Waals surface area (Å²) in [4.78, 5) is 15.7. The number of likely N-dealkylation sites (N-methyl/N-ethyl adjacent to an activating group) is 1. The molecule has 1 atom stereocenters. The Kier molecular flexibility index (Phi) is 5.63. The molecule has 0 bridgehead atoms. The zero-order valence-electron chi connectivity index (χ0n) is 11.3. The molecule has 2 rings (SSSR count). The SMILES string of the molecule is CC(Cc1cccs1)N(C)C(=O)c1cc(I)ccc1Br. The average Bonchev–Trinajstić information content (AvgIpc) is 2.92. The lowest BCUT2D eigenvalue weighted by molar-refractivity contribution is 0.0743. The molecule has 0 aliphatic heterocycles. The largest absolute Gasteiger partial charge is 0.339 e. The second-order valence-corrected chi connectivity index (χ2v) is 7.80. The summed E-state index contributed by atoms with van der Waals surface area (Å²) in [7, 11) is 1.87. The van der Waals surface area contributed by atoms with Gasteiger partial charge in [-0.1, -0.05) is 6.07 Å². The van der Waals surface area contributed by atoms with E-state index in [1.807, 2.05) is 36.2 Å². The van der Waals surface area contributed by atoms with Gasteiger partial charge in [0.15, 0.2) is 0 Å². The molecule has 0 saturated heterocycles. The van der Waals surface area contributed by atoms with E-state index in [1.165, 1.54) is 4.88 Å². The van der Waals surface area contributed by atoms with E-state index < -0.39 is 0 Å². The molecule has 0 radical (unpaired) electrons. The highest BCUT2D eigenvalue weighted by Gasteiger charge is 2.20. The molecule has 0 N–H and O–H groups in total. The maximum absolute atomic E-state index is 12.6. The summed E-state index contributed by atoms with van der Waals surface area (Å²) in [6, 6.07) is 10.2. The van der Waals surface area contributed by atoms with Crippen LogP contribution in [0.2, 0.25) is 0 Å². The lowest BCUT2D eigenvalue weighted by atomic mass is 10.1. The summed E-state index contributed by atoms with van der Waals surface area (Å²) < 4.78 is 1.91. The van der Waals surface area contributed by atoms with Crippen molar-refractivity contribution in [3.05, 3.63) is 54.2 Å². The molecule has 2 aromatic rings. The predicted octanol–water partition coefficient (Wildman–Crippen LogP) is 4.82. The van der Waals surface area contributed by atoms with Crippen LogP contribution < -0.4 is 0 Å². The Morgan fingerprint density at radius 2 is 2.20 bits per heavy atom. The van der Waals surface area contributed by atoms with Gasteiger partial charge in [-0.05, 0) is 75.1 Å². The van der Waals surface area contributed by atoms with Crippen molar-refractivity contribution in [2.24, 2.45) is 0 Å². The van der Waals surface area contributed by atoms with Gasteiger partial charge in [-0.15, -0.1) is 11.3 Å². The van der Waals surface area contributed by atoms with Gasteiger partial charge < -0.3 is 4.90 Å². The highest BCUT2D eigenvalue weighted by atomic mass is 127. The van der Waals surface area contributed by atoms with E-state index in [0.29, 0.717) is 0 Å². The van der Waals surface area contributed by atoms with Crippen molar-refractivity contribution in [3.8, 4) is 0 Å². The van der Waals surface area contributed by atoms with Crippen molar-refractivity contribution in [1.29, 1.82) is 0 Å². The molecule has 0 aliphatic rings. The third kappa shape index (κ3) is 3.83. The van der Waals surface area contributed by atoms with Crippen LogP contribution in [0.4, 0.5) is 0 Å². The Morgan fingerprint density at radius 3 is 2.85 bits per heavy atom. The van der Waals surface area contributed by atoms with Crippen molar-refractivity contribution >= 4 is 55.8 Å². The molecule has 2 nitrogen and oxygen atoms in total. The first-order valence-corrected chi connectivity index (χ1v) is 8.98. The van der Waals surface area contributed by atoms with Crippen molar-refractivity contribution in [2.45, 2.75) is 19.4 Å². The summed E-state index contributed by atoms with van der Waals surface area (Å²) in [6.45, 7) is 2.08. The number of nitrogens with zero attached hydrogens (tertiary/aromatic N) is 1. The summed E-state index contributed by atoms with van der Waals surface area (Å²) in [5.74, 6) is 0.0550. The topological polar surface area (TPSA) is 20.3 Å². The van der Waals surface area contributed by atoms with Gasteiger partial charge in [0.1, 0.15) is 0 Å². The third-order valence-electron chi connectivity index (χ3n) is 3.22. The standard InChI is InChI=1S/C15H15BrINOS/c1-10(8-12-4-3-7-20-12)18(2)15(19)13-9-11(17)5-6-14(13)16/h3-7,9-10H,8H2,1-2H3. The number of rotatable bonds is 4. The highest BCUT2D eigenvalue weighted by Crippen LogP contribution is 2.22. The van der Waals surface area contributed by atoms with Crippen molar-refractivity contribution < 1.29 is 4.79 Å². The quantitative estimate of drug-likeness (QED) is 0.595. The maximum Gasteiger partial charge on any atom is 0.255 e. The summed E-state index contributed by atoms with van der Waals surface area (Å²) >= 11 is 7.42. The van der Waals surface area contributed by atoms with E-state index in [9.17, 15) is 4.79 Å². The number of halogens is 2. The second kappa shape index (κ2) is 7.04. The van der Waals surface area contributed by atoms with Gasteiger partial charge in [-0.25, -0.2) is 0 Å². The van der Waals surface area contributed by atoms with Gasteiger partial charge in [0.25, 0.3) is 5.91 Å². The molecule has 5 heteroatoms. The molecule has 0 spiro atoms. The Bertz CT molecular complexity index is 600. The van der Waals surface area contributed by atoms with Gasteiger partial charge in [0.05, 0.1) is 5.56 Å². The minimum atomic E-state index is 0.0550. The van der Waals surface area contributed by atoms with E-state index in [-0.39, 0.29) is 11.9 Å². The Balaban J connectivity index is 2.13. The van der Waals surface area contributed by atoms with Crippen LogP contribution in [0.3, 0.4) is 0 Å². The summed E-state index contributed by atoms with van der Waals surface area (Å²) in [5.41, 5.74) is 0.720. The summed E-state index contributed by atoms with van der Waals surface area (Å²) in [6.07, 6.45) is 0.890. The molecule has 1 amide bonds. The lowest BCUT2D eigenvalue weighted by Crippen LogP contribution is -2.36. The van der Waals surface area contributed by atoms with E-state index in [1.54, 1.807) is 11.3 Å². The molecule has 1 aromatic heterocycles. The number of thiophene rings is 1. The molecule has 1 heterocycles. The van der Waals surface area contributed by atoms with Gasteiger partial charge in [-0.2, -0.15) is 0 Å². The van der Waals surface area contributed by atoms with Crippen molar-refractivity contribution in [1.82, 2.24) is 4.90 Å². The molecule has 0 fully saturated rings. The molecule has 106 valence electrons. The Labute approximate surface area is 145 Å². The van der Waals surface area contributed by atoms with E-state index in [4.69, 9.17) is 0 Å². The first-order chi connectivity index (χ1) is 9.49. The van der Waals surface area contributed by atoms with Crippen LogP contribution in [0.5, 0.6) is 0 Å². The van der Waals surface area contributed by atoms with Gasteiger partial charge >= 0.3 is 0 Å². The van der Waals surface area contributed by atoms with Crippen LogP contribution in [0, 0.1) is 3.57 Å². The zero-order chi connectivity index (χ0) is 14.7. The third-order valence-corrected chi connectivity index (χ3v) is 5.48. The maximum atomic E-state index is 12.6. The van der Waals surface area contributed by atoms with Crippen LogP contribution in [-0.2, 0) is 6.42 Å². The predicted molar refractivity (Wildman–Crippen MR) is 96.4 cm³/mol. The molecule has 0 saturated carbocycles. The van der Waals surface area contributed by atoms with Crippen molar-refractivity contribution in [3.63, 3.8) is 0 Å². The highest BCUT2D eigenvalue weighted by molar-refractivity contribution is 14.1. The molecule has 1 unspecified atom stereocenters. The van der Waals surface area contributed by atoms with E-state index in [0.717, 1.165) is 20.0 Å². The first kappa shape index (κ1) is 16.0. The van der Waals surface area contributed by atoms with Crippen LogP contribution in [-0.4, -0.2) is 23.9 Å². The van der Waals surface area contributed by atoms with Crippen molar-refractivity contribution in [2.75, 3.05) is 7.05 Å². The van der Waals surface area contributed by atoms with Gasteiger partial charge in [0, 0.05) is 32.4 Å². The van der Waals surface area contributed by atoms with Crippen LogP contribution >= 0.6 is 49.9 Å². The number of hydrogen-bond acceptors (Lipinski definition) is 2. The fourth-order valence-electron chi connectivity index (χ4n) is 1.91. The average molecular weight is 464 g/mol. The van der Waals surface area contributed by atoms with Crippen LogP contribution in [0.1, 0.15) is 22.2 Å².